The number of amides is 1. The van der Waals surface area contributed by atoms with E-state index in [0.717, 1.165) is 83.1 Å². The summed E-state index contributed by atoms with van der Waals surface area (Å²) in [6.45, 7) is 4.41. The lowest BCUT2D eigenvalue weighted by Crippen LogP contribution is -2.68. The summed E-state index contributed by atoms with van der Waals surface area (Å²) in [5.74, 6) is 6.65. The molecule has 1 aromatic rings. The molecule has 4 atom stereocenters. The van der Waals surface area contributed by atoms with Crippen molar-refractivity contribution in [2.24, 2.45) is 17.8 Å². The van der Waals surface area contributed by atoms with Crippen LogP contribution in [0.15, 0.2) is 24.3 Å². The summed E-state index contributed by atoms with van der Waals surface area (Å²) in [5, 5.41) is 3.19. The lowest BCUT2D eigenvalue weighted by atomic mass is 9.78. The monoisotopic (exact) mass is 532 g/mol. The van der Waals surface area contributed by atoms with Crippen LogP contribution in [0, 0.1) is 29.6 Å². The molecule has 2 saturated carbocycles. The van der Waals surface area contributed by atoms with Crippen LogP contribution in [0.3, 0.4) is 0 Å². The van der Waals surface area contributed by atoms with E-state index in [0.29, 0.717) is 18.0 Å². The smallest absolute Gasteiger partial charge is 0.253 e. The highest BCUT2D eigenvalue weighted by atomic mass is 16.5. The molecule has 3 heterocycles. The summed E-state index contributed by atoms with van der Waals surface area (Å²) in [6.07, 6.45) is 7.61. The van der Waals surface area contributed by atoms with Crippen molar-refractivity contribution in [3.05, 3.63) is 29.8 Å². The minimum Gasteiger partial charge on any atom is -0.369 e. The fourth-order valence-corrected chi connectivity index (χ4v) is 6.90. The van der Waals surface area contributed by atoms with Gasteiger partial charge in [-0.3, -0.25) is 19.3 Å². The molecule has 8 heteroatoms. The molecule has 1 amide bonds. The van der Waals surface area contributed by atoms with Crippen molar-refractivity contribution in [2.45, 2.75) is 62.8 Å². The first-order valence-corrected chi connectivity index (χ1v) is 14.7. The van der Waals surface area contributed by atoms with Crippen molar-refractivity contribution in [1.29, 1.82) is 0 Å². The number of carbonyl (C=O) groups is 3. The molecule has 1 aromatic carbocycles. The number of nitrogens with zero attached hydrogens (tertiary/aromatic N) is 3. The molecule has 0 spiro atoms. The van der Waals surface area contributed by atoms with Gasteiger partial charge in [0.05, 0.1) is 12.0 Å². The molecule has 2 aliphatic carbocycles. The van der Waals surface area contributed by atoms with E-state index in [1.807, 2.05) is 29.2 Å². The van der Waals surface area contributed by atoms with Gasteiger partial charge in [0, 0.05) is 55.8 Å². The van der Waals surface area contributed by atoms with Crippen LogP contribution in [0.4, 0.5) is 5.69 Å². The Labute approximate surface area is 231 Å². The van der Waals surface area contributed by atoms with Gasteiger partial charge in [0.2, 0.25) is 0 Å². The first kappa shape index (κ1) is 26.5. The van der Waals surface area contributed by atoms with Crippen molar-refractivity contribution >= 4 is 23.7 Å². The minimum atomic E-state index is -1.27. The van der Waals surface area contributed by atoms with E-state index < -0.39 is 11.7 Å². The second-order valence-corrected chi connectivity index (χ2v) is 12.1. The number of benzene rings is 1. The molecular weight excluding hydrogens is 492 g/mol. The Morgan fingerprint density at radius 1 is 1.03 bits per heavy atom. The molecule has 3 aliphatic heterocycles. The summed E-state index contributed by atoms with van der Waals surface area (Å²) in [4.78, 5) is 46.7. The second-order valence-electron chi connectivity index (χ2n) is 12.1. The van der Waals surface area contributed by atoms with Crippen molar-refractivity contribution in [2.75, 3.05) is 51.3 Å². The van der Waals surface area contributed by atoms with Crippen molar-refractivity contribution < 1.29 is 19.1 Å². The van der Waals surface area contributed by atoms with Gasteiger partial charge in [-0.25, -0.2) is 0 Å². The molecule has 39 heavy (non-hydrogen) atoms. The van der Waals surface area contributed by atoms with Crippen molar-refractivity contribution in [3.8, 4) is 11.8 Å². The van der Waals surface area contributed by atoms with E-state index in [4.69, 9.17) is 4.74 Å². The quantitative estimate of drug-likeness (QED) is 0.445. The SMILES string of the molecule is CN1CCN(c2ccc(C(=O)NC(C=O)(C3CCCCC3)N3CC(C#CC4CC4)C4OCC(=O)C43)cc2)CC1. The molecule has 8 nitrogen and oxygen atoms in total. The summed E-state index contributed by atoms with van der Waals surface area (Å²) >= 11 is 0. The molecular formula is C31H40N4O4. The van der Waals surface area contributed by atoms with Gasteiger partial charge in [0.1, 0.15) is 12.6 Å². The van der Waals surface area contributed by atoms with Gasteiger partial charge in [-0.1, -0.05) is 31.1 Å². The molecule has 0 bridgehead atoms. The van der Waals surface area contributed by atoms with E-state index in [2.05, 4.69) is 34.0 Å². The zero-order valence-electron chi connectivity index (χ0n) is 22.9. The third-order valence-electron chi connectivity index (χ3n) is 9.43. The van der Waals surface area contributed by atoms with E-state index in [9.17, 15) is 14.4 Å². The van der Waals surface area contributed by atoms with Crippen LogP contribution in [0.2, 0.25) is 0 Å². The van der Waals surface area contributed by atoms with E-state index in [1.165, 1.54) is 0 Å². The van der Waals surface area contributed by atoms with E-state index in [1.54, 1.807) is 0 Å². The molecule has 0 radical (unpaired) electrons. The Morgan fingerprint density at radius 3 is 2.41 bits per heavy atom. The number of aldehydes is 1. The van der Waals surface area contributed by atoms with Gasteiger partial charge in [-0.2, -0.15) is 0 Å². The van der Waals surface area contributed by atoms with Crippen LogP contribution in [0.1, 0.15) is 55.3 Å². The highest BCUT2D eigenvalue weighted by Gasteiger charge is 2.59. The number of piperazine rings is 1. The molecule has 4 unspecified atom stereocenters. The van der Waals surface area contributed by atoms with Crippen LogP contribution in [-0.2, 0) is 14.3 Å². The Hall–Kier alpha value is -2.73. The normalized spacial score (nSPS) is 29.8. The minimum absolute atomic E-state index is 0.0245. The molecule has 1 N–H and O–H groups in total. The largest absolute Gasteiger partial charge is 0.369 e. The third-order valence-corrected chi connectivity index (χ3v) is 9.43. The average Bonchev–Trinajstić information content (AvgIpc) is 3.62. The zero-order valence-corrected chi connectivity index (χ0v) is 22.9. The fraction of sp³-hybridized carbons (Fsp3) is 0.645. The highest BCUT2D eigenvalue weighted by molar-refractivity contribution is 5.97. The number of likely N-dealkylation sites (tertiary alicyclic amines) is 1. The van der Waals surface area contributed by atoms with Gasteiger partial charge in [0.25, 0.3) is 5.91 Å². The Kier molecular flexibility index (Phi) is 7.49. The number of hydrogen-bond donors (Lipinski definition) is 1. The predicted molar refractivity (Wildman–Crippen MR) is 148 cm³/mol. The van der Waals surface area contributed by atoms with Crippen LogP contribution < -0.4 is 10.2 Å². The topological polar surface area (TPSA) is 82.2 Å². The number of likely N-dealkylation sites (N-methyl/N-ethyl adjacent to an activating group) is 1. The molecule has 0 aromatic heterocycles. The van der Waals surface area contributed by atoms with Crippen LogP contribution in [0.5, 0.6) is 0 Å². The van der Waals surface area contributed by atoms with Crippen molar-refractivity contribution in [1.82, 2.24) is 15.1 Å². The number of hydrogen-bond acceptors (Lipinski definition) is 7. The number of Topliss-reactive ketones (excluding diaryl/α,β-unsaturated/α-hetero) is 1. The lowest BCUT2D eigenvalue weighted by molar-refractivity contribution is -0.132. The number of rotatable bonds is 6. The van der Waals surface area contributed by atoms with Gasteiger partial charge in [0.15, 0.2) is 17.7 Å². The van der Waals surface area contributed by atoms with Gasteiger partial charge < -0.3 is 19.9 Å². The summed E-state index contributed by atoms with van der Waals surface area (Å²) in [7, 11) is 2.13. The maximum atomic E-state index is 13.8. The average molecular weight is 533 g/mol. The third kappa shape index (κ3) is 5.25. The van der Waals surface area contributed by atoms with E-state index >= 15 is 0 Å². The Bertz CT molecular complexity index is 1140. The number of fused-ring (bicyclic) bond motifs is 1. The highest BCUT2D eigenvalue weighted by Crippen LogP contribution is 2.42. The van der Waals surface area contributed by atoms with Gasteiger partial charge >= 0.3 is 0 Å². The Balaban J connectivity index is 1.27. The van der Waals surface area contributed by atoms with Gasteiger partial charge in [-0.05, 0) is 57.0 Å². The number of anilines is 1. The maximum Gasteiger partial charge on any atom is 0.253 e. The summed E-state index contributed by atoms with van der Waals surface area (Å²) in [6, 6.07) is 7.12. The molecule has 3 saturated heterocycles. The lowest BCUT2D eigenvalue weighted by Gasteiger charge is -2.46. The van der Waals surface area contributed by atoms with Gasteiger partial charge in [-0.15, -0.1) is 0 Å². The van der Waals surface area contributed by atoms with Crippen molar-refractivity contribution in [3.63, 3.8) is 0 Å². The standard InChI is InChI=1S/C31H40N4O4/c1-33-15-17-34(18-16-33)26-13-11-23(12-14-26)30(38)32-31(21-36,25-5-3-2-4-6-25)35-19-24(10-9-22-7-8-22)29-28(35)27(37)20-39-29/h11-14,21-22,24-25,28-29H,2-8,15-20H2,1H3,(H,32,38). The summed E-state index contributed by atoms with van der Waals surface area (Å²) < 4.78 is 5.95. The maximum absolute atomic E-state index is 13.8. The molecule has 5 aliphatic rings. The molecule has 208 valence electrons. The van der Waals surface area contributed by atoms with Crippen LogP contribution in [-0.4, -0.2) is 92.0 Å². The van der Waals surface area contributed by atoms with Crippen LogP contribution in [0.25, 0.3) is 0 Å². The fourth-order valence-electron chi connectivity index (χ4n) is 6.90. The number of ether oxygens (including phenoxy) is 1. The number of carbonyl (C=O) groups excluding carboxylic acids is 3. The van der Waals surface area contributed by atoms with E-state index in [-0.39, 0.29) is 36.2 Å². The first-order chi connectivity index (χ1) is 19.0. The number of nitrogens with one attached hydrogen (secondary N) is 1. The number of ketones is 1. The molecule has 5 fully saturated rings. The Morgan fingerprint density at radius 2 is 1.74 bits per heavy atom. The van der Waals surface area contributed by atoms with Crippen LogP contribution >= 0.6 is 0 Å². The predicted octanol–water partition coefficient (Wildman–Crippen LogP) is 2.33. The second kappa shape index (κ2) is 11.0. The zero-order chi connectivity index (χ0) is 27.0. The molecule has 6 rings (SSSR count). The summed E-state index contributed by atoms with van der Waals surface area (Å²) in [5.41, 5.74) is 0.349. The first-order valence-electron chi connectivity index (χ1n) is 14.7.